The number of piperidine rings is 1. The summed E-state index contributed by atoms with van der Waals surface area (Å²) in [6.07, 6.45) is 2.48. The zero-order valence-electron chi connectivity index (χ0n) is 12.4. The first-order valence-electron chi connectivity index (χ1n) is 7.30. The fourth-order valence-corrected chi connectivity index (χ4v) is 2.69. The van der Waals surface area contributed by atoms with Crippen molar-refractivity contribution >= 4 is 17.6 Å². The van der Waals surface area contributed by atoms with Crippen LogP contribution >= 0.6 is 0 Å². The van der Waals surface area contributed by atoms with E-state index >= 15 is 0 Å². The number of carbonyl (C=O) groups excluding carboxylic acids is 2. The maximum atomic E-state index is 12.2. The van der Waals surface area contributed by atoms with Crippen molar-refractivity contribution in [3.05, 3.63) is 29.8 Å². The van der Waals surface area contributed by atoms with Gasteiger partial charge in [0.15, 0.2) is 0 Å². The molecule has 0 unspecified atom stereocenters. The average molecular weight is 290 g/mol. The Labute approximate surface area is 125 Å². The second-order valence-electron chi connectivity index (χ2n) is 5.38. The lowest BCUT2D eigenvalue weighted by Crippen LogP contribution is -2.40. The normalized spacial score (nSPS) is 15.8. The molecule has 0 radical (unpaired) electrons. The van der Waals surface area contributed by atoms with Gasteiger partial charge in [-0.15, -0.1) is 0 Å². The molecular formula is C16H22N2O3. The van der Waals surface area contributed by atoms with Gasteiger partial charge in [0.25, 0.3) is 0 Å². The highest BCUT2D eigenvalue weighted by Gasteiger charge is 2.27. The number of anilines is 1. The first-order valence-corrected chi connectivity index (χ1v) is 7.30. The first kappa shape index (κ1) is 15.4. The van der Waals surface area contributed by atoms with Gasteiger partial charge in [-0.2, -0.15) is 0 Å². The molecule has 2 N–H and O–H groups in total. The van der Waals surface area contributed by atoms with Crippen molar-refractivity contribution in [1.82, 2.24) is 4.90 Å². The third-order valence-electron chi connectivity index (χ3n) is 4.05. The quantitative estimate of drug-likeness (QED) is 0.675. The molecule has 1 fully saturated rings. The molecule has 1 aromatic carbocycles. The number of nitrogens with two attached hydrogens (primary N) is 1. The zero-order valence-corrected chi connectivity index (χ0v) is 12.4. The second-order valence-corrected chi connectivity index (χ2v) is 5.38. The Balaban J connectivity index is 1.80. The number of methoxy groups -OCH3 is 1. The van der Waals surface area contributed by atoms with E-state index in [9.17, 15) is 9.59 Å². The molecular weight excluding hydrogens is 268 g/mol. The summed E-state index contributed by atoms with van der Waals surface area (Å²) < 4.78 is 4.75. The van der Waals surface area contributed by atoms with Crippen LogP contribution in [0.1, 0.15) is 24.8 Å². The van der Waals surface area contributed by atoms with Crippen LogP contribution in [0.3, 0.4) is 0 Å². The summed E-state index contributed by atoms with van der Waals surface area (Å²) in [5, 5.41) is 0. The molecule has 0 atom stereocenters. The van der Waals surface area contributed by atoms with Gasteiger partial charge >= 0.3 is 5.97 Å². The van der Waals surface area contributed by atoms with E-state index < -0.39 is 0 Å². The monoisotopic (exact) mass is 290 g/mol. The van der Waals surface area contributed by atoms with E-state index in [0.717, 1.165) is 11.3 Å². The Morgan fingerprint density at radius 2 is 1.95 bits per heavy atom. The number of hydrogen-bond donors (Lipinski definition) is 1. The molecule has 0 spiro atoms. The minimum atomic E-state index is -0.167. The lowest BCUT2D eigenvalue weighted by Gasteiger charge is -2.30. The third kappa shape index (κ3) is 3.97. The molecule has 0 aliphatic carbocycles. The van der Waals surface area contributed by atoms with Gasteiger partial charge in [-0.05, 0) is 30.9 Å². The van der Waals surface area contributed by atoms with Crippen molar-refractivity contribution < 1.29 is 14.3 Å². The summed E-state index contributed by atoms with van der Waals surface area (Å²) in [4.78, 5) is 25.5. The number of benzene rings is 1. The van der Waals surface area contributed by atoms with E-state index in [0.29, 0.717) is 38.8 Å². The summed E-state index contributed by atoms with van der Waals surface area (Å²) in [6.45, 7) is 1.26. The molecule has 1 amide bonds. The van der Waals surface area contributed by atoms with Crippen LogP contribution in [0.4, 0.5) is 5.69 Å². The van der Waals surface area contributed by atoms with Crippen LogP contribution in [0, 0.1) is 5.92 Å². The molecule has 0 aromatic heterocycles. The third-order valence-corrected chi connectivity index (χ3v) is 4.05. The van der Waals surface area contributed by atoms with Crippen LogP contribution in [-0.4, -0.2) is 37.0 Å². The molecule has 1 aliphatic heterocycles. The van der Waals surface area contributed by atoms with E-state index in [2.05, 4.69) is 0 Å². The minimum absolute atomic E-state index is 0.0659. The molecule has 21 heavy (non-hydrogen) atoms. The number of likely N-dealkylation sites (tertiary alicyclic amines) is 1. The lowest BCUT2D eigenvalue weighted by atomic mass is 9.96. The number of nitrogens with zero attached hydrogens (tertiary/aromatic N) is 1. The van der Waals surface area contributed by atoms with Crippen LogP contribution in [0.2, 0.25) is 0 Å². The van der Waals surface area contributed by atoms with Crippen molar-refractivity contribution in [2.24, 2.45) is 5.92 Å². The summed E-state index contributed by atoms with van der Waals surface area (Å²) in [7, 11) is 1.41. The molecule has 1 heterocycles. The Kier molecular flexibility index (Phi) is 5.20. The van der Waals surface area contributed by atoms with Gasteiger partial charge in [0.2, 0.25) is 5.91 Å². The Morgan fingerprint density at radius 1 is 1.29 bits per heavy atom. The summed E-state index contributed by atoms with van der Waals surface area (Å²) in [5.74, 6) is -0.107. The largest absolute Gasteiger partial charge is 0.469 e. The molecule has 0 bridgehead atoms. The van der Waals surface area contributed by atoms with Gasteiger partial charge in [-0.25, -0.2) is 0 Å². The van der Waals surface area contributed by atoms with Crippen LogP contribution in [0.25, 0.3) is 0 Å². The smallest absolute Gasteiger partial charge is 0.308 e. The van der Waals surface area contributed by atoms with Crippen molar-refractivity contribution in [3.63, 3.8) is 0 Å². The van der Waals surface area contributed by atoms with E-state index in [1.807, 2.05) is 29.2 Å². The van der Waals surface area contributed by atoms with Gasteiger partial charge in [0.05, 0.1) is 13.0 Å². The number of para-hydroxylation sites is 1. The molecule has 2 rings (SSSR count). The minimum Gasteiger partial charge on any atom is -0.469 e. The maximum Gasteiger partial charge on any atom is 0.308 e. The lowest BCUT2D eigenvalue weighted by molar-refractivity contribution is -0.148. The standard InChI is InChI=1S/C16H22N2O3/c1-21-16(20)13-8-10-18(11-9-13)15(19)7-6-12-4-2-3-5-14(12)17/h2-5,13H,6-11,17H2,1H3. The predicted octanol–water partition coefficient (Wildman–Crippen LogP) is 1.61. The summed E-state index contributed by atoms with van der Waals surface area (Å²) in [6, 6.07) is 7.62. The highest BCUT2D eigenvalue weighted by atomic mass is 16.5. The number of rotatable bonds is 4. The van der Waals surface area contributed by atoms with E-state index in [4.69, 9.17) is 10.5 Å². The molecule has 1 aliphatic rings. The topological polar surface area (TPSA) is 72.6 Å². The number of amides is 1. The molecule has 0 saturated carbocycles. The number of carbonyl (C=O) groups is 2. The van der Waals surface area contributed by atoms with Gasteiger partial charge in [0.1, 0.15) is 0 Å². The highest BCUT2D eigenvalue weighted by Crippen LogP contribution is 2.20. The van der Waals surface area contributed by atoms with Crippen molar-refractivity contribution in [2.45, 2.75) is 25.7 Å². The number of nitrogen functional groups attached to an aromatic ring is 1. The number of hydrogen-bond acceptors (Lipinski definition) is 4. The fraction of sp³-hybridized carbons (Fsp3) is 0.500. The Hall–Kier alpha value is -2.04. The van der Waals surface area contributed by atoms with Crippen molar-refractivity contribution in [3.8, 4) is 0 Å². The SMILES string of the molecule is COC(=O)C1CCN(C(=O)CCc2ccccc2N)CC1. The molecule has 5 heteroatoms. The van der Waals surface area contributed by atoms with Gasteiger partial charge in [-0.1, -0.05) is 18.2 Å². The van der Waals surface area contributed by atoms with Crippen LogP contribution in [0.5, 0.6) is 0 Å². The highest BCUT2D eigenvalue weighted by molar-refractivity contribution is 5.77. The Bertz CT molecular complexity index is 508. The number of ether oxygens (including phenoxy) is 1. The van der Waals surface area contributed by atoms with Crippen molar-refractivity contribution in [2.75, 3.05) is 25.9 Å². The van der Waals surface area contributed by atoms with Crippen LogP contribution < -0.4 is 5.73 Å². The van der Waals surface area contributed by atoms with Gasteiger partial charge < -0.3 is 15.4 Å². The number of esters is 1. The van der Waals surface area contributed by atoms with E-state index in [-0.39, 0.29) is 17.8 Å². The predicted molar refractivity (Wildman–Crippen MR) is 80.5 cm³/mol. The average Bonchev–Trinajstić information content (AvgIpc) is 2.53. The van der Waals surface area contributed by atoms with Crippen LogP contribution in [0.15, 0.2) is 24.3 Å². The summed E-state index contributed by atoms with van der Waals surface area (Å²) in [5.41, 5.74) is 7.62. The fourth-order valence-electron chi connectivity index (χ4n) is 2.69. The molecule has 5 nitrogen and oxygen atoms in total. The van der Waals surface area contributed by atoms with E-state index in [1.54, 1.807) is 0 Å². The number of aryl methyl sites for hydroxylation is 1. The first-order chi connectivity index (χ1) is 10.1. The van der Waals surface area contributed by atoms with E-state index in [1.165, 1.54) is 7.11 Å². The molecule has 1 aromatic rings. The Morgan fingerprint density at radius 3 is 2.57 bits per heavy atom. The van der Waals surface area contributed by atoms with Crippen molar-refractivity contribution in [1.29, 1.82) is 0 Å². The van der Waals surface area contributed by atoms with Gasteiger partial charge in [-0.3, -0.25) is 9.59 Å². The van der Waals surface area contributed by atoms with Gasteiger partial charge in [0, 0.05) is 25.2 Å². The maximum absolute atomic E-state index is 12.2. The molecule has 114 valence electrons. The zero-order chi connectivity index (χ0) is 15.2. The molecule has 1 saturated heterocycles. The second kappa shape index (κ2) is 7.11. The van der Waals surface area contributed by atoms with Crippen LogP contribution in [-0.2, 0) is 20.7 Å². The summed E-state index contributed by atoms with van der Waals surface area (Å²) >= 11 is 0.